The molecule has 7 N–H and O–H groups in total. The van der Waals surface area contributed by atoms with Crippen LogP contribution in [0.1, 0.15) is 75.2 Å². The number of carboxylic acids is 3. The number of carboxylic acid groups (broad SMARTS) is 3. The van der Waals surface area contributed by atoms with Gasteiger partial charge >= 0.3 is 36.0 Å². The molecule has 0 aliphatic heterocycles. The Morgan fingerprint density at radius 1 is 0.746 bits per heavy atom. The Hall–Kier alpha value is -6.03. The summed E-state index contributed by atoms with van der Waals surface area (Å²) in [4.78, 5) is 66.8. The third-order valence-electron chi connectivity index (χ3n) is 6.85. The molecule has 0 atom stereocenters. The first kappa shape index (κ1) is 62.2. The van der Waals surface area contributed by atoms with Gasteiger partial charge in [0.25, 0.3) is 0 Å². The van der Waals surface area contributed by atoms with E-state index in [0.29, 0.717) is 23.3 Å². The molecule has 330 valence electrons. The van der Waals surface area contributed by atoms with E-state index in [4.69, 9.17) is 50.1 Å². The number of carbonyl (C=O) groups is 5. The molecule has 3 rings (SSSR count). The van der Waals surface area contributed by atoms with Crippen LogP contribution < -0.4 is 0 Å². The van der Waals surface area contributed by atoms with Crippen LogP contribution in [0.2, 0.25) is 0 Å². The fourth-order valence-electron chi connectivity index (χ4n) is 3.31. The lowest BCUT2D eigenvalue weighted by Gasteiger charge is -2.23. The molecule has 59 heavy (non-hydrogen) atoms. The Bertz CT molecular complexity index is 1470. The number of aliphatic hydroxyl groups excluding tert-OH is 4. The van der Waals surface area contributed by atoms with Gasteiger partial charge in [0.05, 0.1) is 57.0 Å². The molecule has 16 nitrogen and oxygen atoms in total. The van der Waals surface area contributed by atoms with Gasteiger partial charge in [-0.1, -0.05) is 107 Å². The number of carbonyl (C=O) groups excluding carboxylic acids is 4. The highest BCUT2D eigenvalue weighted by atomic mass is 16.5. The fraction of sp³-hybridized carbons (Fsp3) is 0.395. The molecule has 2 aromatic rings. The summed E-state index contributed by atoms with van der Waals surface area (Å²) in [6.07, 6.45) is 9.02. The summed E-state index contributed by atoms with van der Waals surface area (Å²) in [5.74, 6) is -3.13. The second kappa shape index (κ2) is 43.1. The van der Waals surface area contributed by atoms with Crippen LogP contribution in [0.3, 0.4) is 0 Å². The number of aromatic carboxylic acids is 1. The molecule has 1 aliphatic carbocycles. The molecule has 1 saturated carbocycles. The van der Waals surface area contributed by atoms with Crippen LogP contribution in [-0.2, 0) is 38.2 Å². The van der Waals surface area contributed by atoms with E-state index in [2.05, 4.69) is 31.1 Å². The number of aliphatic hydroxyl groups is 4. The lowest BCUT2D eigenvalue weighted by Crippen LogP contribution is -2.37. The maximum atomic E-state index is 10.6. The Morgan fingerprint density at radius 2 is 1.14 bits per heavy atom. The molecule has 0 spiro atoms. The second-order valence-electron chi connectivity index (χ2n) is 11.9. The average Bonchev–Trinajstić information content (AvgIpc) is 3.26. The lowest BCUT2D eigenvalue weighted by atomic mass is 9.90. The number of ether oxygens (including phenoxy) is 2. The van der Waals surface area contributed by atoms with Crippen molar-refractivity contribution in [3.8, 4) is 0 Å². The Balaban J connectivity index is -0.000000191. The molecular formula is C43H62O16. The first-order chi connectivity index (χ1) is 27.8. The smallest absolute Gasteiger partial charge is 0.373 e. The summed E-state index contributed by atoms with van der Waals surface area (Å²) < 4.78 is 8.99. The third kappa shape index (κ3) is 41.4. The minimum absolute atomic E-state index is 0.0289. The molecule has 16 heteroatoms. The number of hydrogen-bond donors (Lipinski definition) is 7. The highest BCUT2D eigenvalue weighted by Crippen LogP contribution is 2.23. The second-order valence-corrected chi connectivity index (χ2v) is 11.9. The predicted molar refractivity (Wildman–Crippen MR) is 221 cm³/mol. The molecule has 0 amide bonds. The zero-order chi connectivity index (χ0) is 46.7. The van der Waals surface area contributed by atoms with Gasteiger partial charge in [0.1, 0.15) is 0 Å². The van der Waals surface area contributed by atoms with Crippen LogP contribution in [0.25, 0.3) is 6.08 Å². The molecule has 0 radical (unpaired) electrons. The third-order valence-corrected chi connectivity index (χ3v) is 6.85. The van der Waals surface area contributed by atoms with Crippen molar-refractivity contribution in [2.75, 3.05) is 40.1 Å². The van der Waals surface area contributed by atoms with E-state index >= 15 is 0 Å². The van der Waals surface area contributed by atoms with Gasteiger partial charge in [-0.2, -0.15) is 9.59 Å². The van der Waals surface area contributed by atoms with E-state index in [0.717, 1.165) is 38.2 Å². The summed E-state index contributed by atoms with van der Waals surface area (Å²) in [6, 6.07) is 18.3. The SMILES string of the molecule is C=C(C)C(=O)OC.C=C(C)C(=O)OCCC.C=CC(=O)O.C=Cc1ccccc1.O=C(O)C1CCCCC1.O=C(O)c1ccccc1.O=C=O.OCC(CO)(CO)CO. The van der Waals surface area contributed by atoms with Gasteiger partial charge in [-0.25, -0.2) is 19.2 Å². The van der Waals surface area contributed by atoms with E-state index in [1.54, 1.807) is 44.2 Å². The summed E-state index contributed by atoms with van der Waals surface area (Å²) in [6.45, 7) is 17.4. The maximum absolute atomic E-state index is 10.6. The van der Waals surface area contributed by atoms with E-state index < -0.39 is 49.8 Å². The van der Waals surface area contributed by atoms with Crippen LogP contribution in [0.5, 0.6) is 0 Å². The topological polar surface area (TPSA) is 280 Å². The monoisotopic (exact) mass is 834 g/mol. The van der Waals surface area contributed by atoms with Crippen LogP contribution >= 0.6 is 0 Å². The number of hydrogen-bond acceptors (Lipinski definition) is 13. The van der Waals surface area contributed by atoms with Crippen LogP contribution in [0.4, 0.5) is 0 Å². The van der Waals surface area contributed by atoms with Crippen molar-refractivity contribution >= 4 is 42.1 Å². The van der Waals surface area contributed by atoms with Gasteiger partial charge in [0.15, 0.2) is 0 Å². The summed E-state index contributed by atoms with van der Waals surface area (Å²) in [5, 5.41) is 58.5. The van der Waals surface area contributed by atoms with E-state index in [1.165, 1.54) is 19.1 Å². The van der Waals surface area contributed by atoms with Crippen molar-refractivity contribution in [3.05, 3.63) is 115 Å². The number of methoxy groups -OCH3 is 1. The zero-order valence-corrected chi connectivity index (χ0v) is 34.4. The van der Waals surface area contributed by atoms with Crippen molar-refractivity contribution in [3.63, 3.8) is 0 Å². The summed E-state index contributed by atoms with van der Waals surface area (Å²) in [7, 11) is 1.33. The van der Waals surface area contributed by atoms with Gasteiger partial charge in [-0.3, -0.25) is 4.79 Å². The normalized spacial score (nSPS) is 10.6. The van der Waals surface area contributed by atoms with Crippen LogP contribution in [0.15, 0.2) is 104 Å². The van der Waals surface area contributed by atoms with E-state index in [1.807, 2.05) is 43.3 Å². The van der Waals surface area contributed by atoms with Crippen LogP contribution in [-0.4, -0.2) is 112 Å². The Labute approximate surface area is 346 Å². The number of benzene rings is 2. The lowest BCUT2D eigenvalue weighted by molar-refractivity contribution is -0.191. The highest BCUT2D eigenvalue weighted by molar-refractivity contribution is 5.87. The average molecular weight is 835 g/mol. The minimum Gasteiger partial charge on any atom is -0.481 e. The van der Waals surface area contributed by atoms with E-state index in [-0.39, 0.29) is 24.0 Å². The van der Waals surface area contributed by atoms with Crippen molar-refractivity contribution in [1.29, 1.82) is 0 Å². The van der Waals surface area contributed by atoms with E-state index in [9.17, 15) is 24.0 Å². The molecule has 0 unspecified atom stereocenters. The van der Waals surface area contributed by atoms with Crippen LogP contribution in [0, 0.1) is 11.3 Å². The van der Waals surface area contributed by atoms with Crippen molar-refractivity contribution in [2.24, 2.45) is 11.3 Å². The number of aliphatic carboxylic acids is 2. The van der Waals surface area contributed by atoms with Gasteiger partial charge in [-0.15, -0.1) is 0 Å². The highest BCUT2D eigenvalue weighted by Gasteiger charge is 2.26. The molecule has 0 saturated heterocycles. The molecule has 0 heterocycles. The van der Waals surface area contributed by atoms with Gasteiger partial charge < -0.3 is 45.2 Å². The largest absolute Gasteiger partial charge is 0.481 e. The first-order valence-corrected chi connectivity index (χ1v) is 17.9. The summed E-state index contributed by atoms with van der Waals surface area (Å²) in [5.41, 5.74) is 1.29. The maximum Gasteiger partial charge on any atom is 0.373 e. The Morgan fingerprint density at radius 3 is 1.32 bits per heavy atom. The van der Waals surface area contributed by atoms with Crippen molar-refractivity contribution in [2.45, 2.75) is 59.3 Å². The molecule has 1 fully saturated rings. The quantitative estimate of drug-likeness (QED) is 0.106. The molecule has 0 bridgehead atoms. The minimum atomic E-state index is -1.11. The molecule has 2 aromatic carbocycles. The fourth-order valence-corrected chi connectivity index (χ4v) is 3.31. The van der Waals surface area contributed by atoms with Gasteiger partial charge in [-0.05, 0) is 50.8 Å². The van der Waals surface area contributed by atoms with Gasteiger partial charge in [0.2, 0.25) is 0 Å². The van der Waals surface area contributed by atoms with Crippen molar-refractivity contribution < 1.29 is 78.8 Å². The number of rotatable bonds is 12. The molecular weight excluding hydrogens is 772 g/mol. The number of esters is 2. The Kier molecular flexibility index (Phi) is 45.4. The first-order valence-electron chi connectivity index (χ1n) is 17.9. The molecule has 0 aromatic heterocycles. The van der Waals surface area contributed by atoms with Gasteiger partial charge in [0, 0.05) is 17.2 Å². The van der Waals surface area contributed by atoms with Crippen molar-refractivity contribution in [1.82, 2.24) is 0 Å². The molecule has 1 aliphatic rings. The predicted octanol–water partition coefficient (Wildman–Crippen LogP) is 5.23. The standard InChI is InChI=1S/C8H8.C7H12O2.C7H6O2.C7H12O2.C5H12O4.C5H8O2.C3H4O2.CO2/c1-2-8-6-4-3-5-7-8;2*8-7(9)6-4-2-1-3-5-6;1-4-5-9-7(8)6(2)3;6-1-5(2-7,3-8)4-9;1-4(2)5(6)7-3;1-2-3(4)5;2-1-3/h2-7H,1H2;6H,1-5H2,(H,8,9);1-5H,(H,8,9);2,4-5H2,1,3H3;6-9H,1-4H2;1H2,2-3H3;2H,1H2,(H,4,5);. The summed E-state index contributed by atoms with van der Waals surface area (Å²) >= 11 is 0. The zero-order valence-electron chi connectivity index (χ0n) is 34.4.